The highest BCUT2D eigenvalue weighted by atomic mass is 19.4. The van der Waals surface area contributed by atoms with E-state index in [9.17, 15) is 22.8 Å². The van der Waals surface area contributed by atoms with E-state index in [4.69, 9.17) is 5.11 Å². The number of amides is 1. The first-order valence-electron chi connectivity index (χ1n) is 10.9. The molecule has 0 saturated carbocycles. The lowest BCUT2D eigenvalue weighted by molar-refractivity contribution is -0.137. The van der Waals surface area contributed by atoms with E-state index >= 15 is 0 Å². The molecule has 3 aromatic rings. The molecule has 1 aliphatic heterocycles. The minimum absolute atomic E-state index is 0.140. The third-order valence-electron chi connectivity index (χ3n) is 5.89. The van der Waals surface area contributed by atoms with Crippen molar-refractivity contribution in [3.63, 3.8) is 0 Å². The van der Waals surface area contributed by atoms with Crippen molar-refractivity contribution < 1.29 is 27.9 Å². The zero-order chi connectivity index (χ0) is 25.3. The summed E-state index contributed by atoms with van der Waals surface area (Å²) in [6.45, 7) is 6.66. The Morgan fingerprint density at radius 1 is 1.20 bits per heavy atom. The molecular weight excluding hydrogens is 461 g/mol. The van der Waals surface area contributed by atoms with E-state index in [1.54, 1.807) is 29.8 Å². The molecule has 7 nitrogen and oxygen atoms in total. The van der Waals surface area contributed by atoms with Crippen LogP contribution in [-0.4, -0.2) is 33.3 Å². The predicted molar refractivity (Wildman–Crippen MR) is 124 cm³/mol. The van der Waals surface area contributed by atoms with E-state index in [0.717, 1.165) is 12.1 Å². The largest absolute Gasteiger partial charge is 0.478 e. The number of hydrogen-bond acceptors (Lipinski definition) is 4. The first-order chi connectivity index (χ1) is 16.6. The van der Waals surface area contributed by atoms with Crippen LogP contribution < -0.4 is 10.2 Å². The molecule has 35 heavy (non-hydrogen) atoms. The van der Waals surface area contributed by atoms with Crippen LogP contribution in [0.5, 0.6) is 0 Å². The lowest BCUT2D eigenvalue weighted by Crippen LogP contribution is -2.29. The van der Waals surface area contributed by atoms with Gasteiger partial charge in [-0.3, -0.25) is 4.79 Å². The number of nitrogens with one attached hydrogen (secondary N) is 1. The molecule has 0 fully saturated rings. The molecule has 10 heteroatoms. The minimum Gasteiger partial charge on any atom is -0.478 e. The molecule has 1 aromatic heterocycles. The number of hydrogen-bond donors (Lipinski definition) is 2. The second-order valence-corrected chi connectivity index (χ2v) is 8.25. The Bertz CT molecular complexity index is 1280. The van der Waals surface area contributed by atoms with Gasteiger partial charge >= 0.3 is 12.1 Å². The molecule has 0 aliphatic carbocycles. The number of fused-ring (bicyclic) bond motifs is 1. The standard InChI is InChI=1S/C25H23F3N4O3/c1-3-20-21(22(33)29-15(2)17-7-9-18(10-8-17)24(34)35)23-31(11-12-32(23)30-20)14-16-5-4-6-19(13-16)25(26,27)28/h3-10,13,15H,1,11-12,14H2,2H3,(H,29,33)(H,34,35). The Morgan fingerprint density at radius 2 is 1.91 bits per heavy atom. The second kappa shape index (κ2) is 9.28. The number of carboxylic acid groups (broad SMARTS) is 1. The highest BCUT2D eigenvalue weighted by Crippen LogP contribution is 2.33. The Morgan fingerprint density at radius 3 is 2.54 bits per heavy atom. The van der Waals surface area contributed by atoms with E-state index in [1.165, 1.54) is 24.3 Å². The van der Waals surface area contributed by atoms with Crippen LogP contribution in [0.1, 0.15) is 56.1 Å². The smallest absolute Gasteiger partial charge is 0.416 e. The maximum Gasteiger partial charge on any atom is 0.416 e. The Kier molecular flexibility index (Phi) is 6.38. The molecule has 2 heterocycles. The molecule has 2 N–H and O–H groups in total. The number of carboxylic acids is 1. The van der Waals surface area contributed by atoms with E-state index in [0.29, 0.717) is 41.3 Å². The Hall–Kier alpha value is -4.08. The van der Waals surface area contributed by atoms with Crippen molar-refractivity contribution in [2.45, 2.75) is 32.2 Å². The number of alkyl halides is 3. The van der Waals surface area contributed by atoms with Crippen molar-refractivity contribution in [2.24, 2.45) is 0 Å². The Labute approximate surface area is 199 Å². The van der Waals surface area contributed by atoms with Gasteiger partial charge in [0.05, 0.1) is 29.4 Å². The lowest BCUT2D eigenvalue weighted by atomic mass is 10.1. The quantitative estimate of drug-likeness (QED) is 0.505. The molecule has 0 spiro atoms. The molecule has 1 aliphatic rings. The third kappa shape index (κ3) is 4.91. The number of anilines is 1. The monoisotopic (exact) mass is 484 g/mol. The van der Waals surface area contributed by atoms with E-state index < -0.39 is 29.7 Å². The van der Waals surface area contributed by atoms with Crippen molar-refractivity contribution in [1.82, 2.24) is 15.1 Å². The second-order valence-electron chi connectivity index (χ2n) is 8.25. The average molecular weight is 484 g/mol. The molecule has 182 valence electrons. The first kappa shape index (κ1) is 24.1. The molecule has 4 rings (SSSR count). The van der Waals surface area contributed by atoms with Crippen molar-refractivity contribution in [1.29, 1.82) is 0 Å². The summed E-state index contributed by atoms with van der Waals surface area (Å²) < 4.78 is 41.1. The summed E-state index contributed by atoms with van der Waals surface area (Å²) in [6, 6.07) is 10.9. The average Bonchev–Trinajstić information content (AvgIpc) is 3.38. The molecular formula is C25H23F3N4O3. The van der Waals surface area contributed by atoms with E-state index in [1.807, 2.05) is 4.90 Å². The number of benzene rings is 2. The van der Waals surface area contributed by atoms with Gasteiger partial charge in [0.2, 0.25) is 0 Å². The highest BCUT2D eigenvalue weighted by molar-refractivity contribution is 6.02. The van der Waals surface area contributed by atoms with Gasteiger partial charge in [-0.25, -0.2) is 9.48 Å². The molecule has 1 unspecified atom stereocenters. The van der Waals surface area contributed by atoms with Crippen LogP contribution in [0, 0.1) is 0 Å². The van der Waals surface area contributed by atoms with E-state index in [-0.39, 0.29) is 12.1 Å². The fourth-order valence-corrected chi connectivity index (χ4v) is 4.12. The fourth-order valence-electron chi connectivity index (χ4n) is 4.12. The highest BCUT2D eigenvalue weighted by Gasteiger charge is 2.33. The lowest BCUT2D eigenvalue weighted by Gasteiger charge is -2.21. The maximum atomic E-state index is 13.3. The number of nitrogens with zero attached hydrogens (tertiary/aromatic N) is 3. The van der Waals surface area contributed by atoms with Crippen LogP contribution in [0.4, 0.5) is 19.0 Å². The van der Waals surface area contributed by atoms with Gasteiger partial charge in [-0.15, -0.1) is 0 Å². The van der Waals surface area contributed by atoms with E-state index in [2.05, 4.69) is 17.0 Å². The molecule has 2 aromatic carbocycles. The summed E-state index contributed by atoms with van der Waals surface area (Å²) in [5.74, 6) is -0.935. The Balaban J connectivity index is 1.58. The van der Waals surface area contributed by atoms with Gasteiger partial charge in [0.25, 0.3) is 5.91 Å². The molecule has 1 amide bonds. The van der Waals surface area contributed by atoms with Crippen LogP contribution in [0.15, 0.2) is 55.1 Å². The summed E-state index contributed by atoms with van der Waals surface area (Å²) in [5.41, 5.74) is 1.26. The summed E-state index contributed by atoms with van der Waals surface area (Å²) in [5, 5.41) is 16.4. The fraction of sp³-hybridized carbons (Fsp3) is 0.240. The van der Waals surface area contributed by atoms with Crippen LogP contribution in [0.25, 0.3) is 6.08 Å². The maximum absolute atomic E-state index is 13.3. The number of aromatic carboxylic acids is 1. The first-order valence-corrected chi connectivity index (χ1v) is 10.9. The predicted octanol–water partition coefficient (Wildman–Crippen LogP) is 4.75. The van der Waals surface area contributed by atoms with Crippen LogP contribution in [0.2, 0.25) is 0 Å². The number of aromatic nitrogens is 2. The zero-order valence-corrected chi connectivity index (χ0v) is 18.8. The van der Waals surface area contributed by atoms with Crippen molar-refractivity contribution >= 4 is 23.8 Å². The van der Waals surface area contributed by atoms with Gasteiger partial charge < -0.3 is 15.3 Å². The number of rotatable bonds is 7. The SMILES string of the molecule is C=Cc1nn2c(c1C(=O)NC(C)c1ccc(C(=O)O)cc1)N(Cc1cccc(C(F)(F)F)c1)CC2. The molecule has 0 radical (unpaired) electrons. The summed E-state index contributed by atoms with van der Waals surface area (Å²) in [6.07, 6.45) is -2.97. The summed E-state index contributed by atoms with van der Waals surface area (Å²) >= 11 is 0. The van der Waals surface area contributed by atoms with Crippen LogP contribution >= 0.6 is 0 Å². The van der Waals surface area contributed by atoms with Gasteiger partial charge in [0.15, 0.2) is 0 Å². The van der Waals surface area contributed by atoms with Gasteiger partial charge in [0.1, 0.15) is 11.4 Å². The van der Waals surface area contributed by atoms with Crippen molar-refractivity contribution in [2.75, 3.05) is 11.4 Å². The van der Waals surface area contributed by atoms with Crippen LogP contribution in [0.3, 0.4) is 0 Å². The van der Waals surface area contributed by atoms with Gasteiger partial charge in [0, 0.05) is 13.1 Å². The topological polar surface area (TPSA) is 87.5 Å². The normalized spacial score (nSPS) is 13.9. The summed E-state index contributed by atoms with van der Waals surface area (Å²) in [4.78, 5) is 26.2. The van der Waals surface area contributed by atoms with Crippen molar-refractivity contribution in [3.8, 4) is 0 Å². The zero-order valence-electron chi connectivity index (χ0n) is 18.8. The van der Waals surface area contributed by atoms with Gasteiger partial charge in [-0.1, -0.05) is 30.8 Å². The van der Waals surface area contributed by atoms with Gasteiger partial charge in [-0.2, -0.15) is 18.3 Å². The third-order valence-corrected chi connectivity index (χ3v) is 5.89. The molecule has 0 bridgehead atoms. The number of carbonyl (C=O) groups excluding carboxylic acids is 1. The van der Waals surface area contributed by atoms with Crippen LogP contribution in [-0.2, 0) is 19.3 Å². The molecule has 0 saturated heterocycles. The van der Waals surface area contributed by atoms with Gasteiger partial charge in [-0.05, 0) is 48.4 Å². The number of halogens is 3. The number of carbonyl (C=O) groups is 2. The summed E-state index contributed by atoms with van der Waals surface area (Å²) in [7, 11) is 0. The van der Waals surface area contributed by atoms with Crippen molar-refractivity contribution in [3.05, 3.63) is 88.6 Å². The minimum atomic E-state index is -4.44. The molecule has 1 atom stereocenters.